The molecule has 0 saturated heterocycles. The van der Waals surface area contributed by atoms with Crippen molar-refractivity contribution in [1.82, 2.24) is 0 Å². The molecule has 11 nitrogen and oxygen atoms in total. The van der Waals surface area contributed by atoms with Crippen LogP contribution in [-0.2, 0) is 33.4 Å². The van der Waals surface area contributed by atoms with Crippen molar-refractivity contribution in [2.75, 3.05) is 31.0 Å². The van der Waals surface area contributed by atoms with Crippen LogP contribution in [-0.4, -0.2) is 61.0 Å². The number of hydrogen-bond acceptors (Lipinski definition) is 11. The van der Waals surface area contributed by atoms with Crippen molar-refractivity contribution in [3.8, 4) is 23.0 Å². The van der Waals surface area contributed by atoms with Crippen LogP contribution in [0.3, 0.4) is 0 Å². The number of alkyl halides is 1. The normalized spacial score (nSPS) is 16.3. The van der Waals surface area contributed by atoms with E-state index in [1.165, 1.54) is 0 Å². The Bertz CT molecular complexity index is 1290. The summed E-state index contributed by atoms with van der Waals surface area (Å²) in [6.07, 6.45) is 4.87. The predicted molar refractivity (Wildman–Crippen MR) is 176 cm³/mol. The SMILES string of the molecule is C=CC(=O)OCCCCOCC(COc1ccc(OC(=O)C2CCC(C(=O)Oc3ccc(OCI)cc3)CC2)cc1)OC(=O)C=C. The van der Waals surface area contributed by atoms with Crippen LogP contribution in [0.2, 0.25) is 0 Å². The Morgan fingerprint density at radius 3 is 1.67 bits per heavy atom. The molecule has 0 heterocycles. The Morgan fingerprint density at radius 2 is 1.17 bits per heavy atom. The van der Waals surface area contributed by atoms with Gasteiger partial charge in [-0.2, -0.15) is 0 Å². The second kappa shape index (κ2) is 20.3. The fourth-order valence-corrected chi connectivity index (χ4v) is 4.86. The van der Waals surface area contributed by atoms with Gasteiger partial charge in [0.15, 0.2) is 6.10 Å². The number of ether oxygens (including phenoxy) is 7. The Kier molecular flexibility index (Phi) is 16.1. The summed E-state index contributed by atoms with van der Waals surface area (Å²) < 4.78 is 38.6. The molecule has 1 atom stereocenters. The molecule has 0 radical (unpaired) electrons. The molecule has 1 aliphatic rings. The van der Waals surface area contributed by atoms with Crippen molar-refractivity contribution in [1.29, 1.82) is 0 Å². The van der Waals surface area contributed by atoms with Crippen LogP contribution in [0.25, 0.3) is 0 Å². The second-order valence-corrected chi connectivity index (χ2v) is 10.9. The zero-order chi connectivity index (χ0) is 33.1. The Morgan fingerprint density at radius 1 is 0.696 bits per heavy atom. The number of hydrogen-bond donors (Lipinski definition) is 0. The molecule has 1 unspecified atom stereocenters. The second-order valence-electron chi connectivity index (χ2n) is 10.3. The fraction of sp³-hybridized carbons (Fsp3) is 0.412. The third kappa shape index (κ3) is 13.2. The van der Waals surface area contributed by atoms with E-state index in [1.807, 2.05) is 0 Å². The van der Waals surface area contributed by atoms with Crippen molar-refractivity contribution in [3.05, 3.63) is 73.8 Å². The van der Waals surface area contributed by atoms with Gasteiger partial charge in [-0.05, 0) is 110 Å². The minimum atomic E-state index is -0.685. The lowest BCUT2D eigenvalue weighted by atomic mass is 9.82. The zero-order valence-electron chi connectivity index (χ0n) is 25.6. The van der Waals surface area contributed by atoms with E-state index in [9.17, 15) is 19.2 Å². The minimum Gasteiger partial charge on any atom is -0.490 e. The van der Waals surface area contributed by atoms with E-state index in [0.29, 0.717) is 72.7 Å². The van der Waals surface area contributed by atoms with E-state index in [0.717, 1.165) is 12.2 Å². The van der Waals surface area contributed by atoms with Crippen LogP contribution in [0.5, 0.6) is 23.0 Å². The van der Waals surface area contributed by atoms with Crippen LogP contribution in [0.15, 0.2) is 73.8 Å². The fourth-order valence-electron chi connectivity index (χ4n) is 4.50. The number of carbonyl (C=O) groups excluding carboxylic acids is 4. The largest absolute Gasteiger partial charge is 0.490 e. The lowest BCUT2D eigenvalue weighted by Crippen LogP contribution is -2.30. The van der Waals surface area contributed by atoms with Gasteiger partial charge in [0.25, 0.3) is 0 Å². The maximum absolute atomic E-state index is 12.8. The van der Waals surface area contributed by atoms with Crippen LogP contribution in [0.4, 0.5) is 0 Å². The number of halogens is 1. The molecule has 0 aromatic heterocycles. The van der Waals surface area contributed by atoms with Gasteiger partial charge in [0.1, 0.15) is 34.2 Å². The number of esters is 4. The molecule has 248 valence electrons. The topological polar surface area (TPSA) is 133 Å². The molecule has 12 heteroatoms. The first-order valence-corrected chi connectivity index (χ1v) is 16.5. The van der Waals surface area contributed by atoms with E-state index < -0.39 is 18.0 Å². The summed E-state index contributed by atoms with van der Waals surface area (Å²) in [5.41, 5.74) is 0. The molecule has 0 amide bonds. The number of unbranched alkanes of at least 4 members (excludes halogenated alkanes) is 1. The first-order valence-electron chi connectivity index (χ1n) is 15.0. The highest BCUT2D eigenvalue weighted by Crippen LogP contribution is 2.32. The van der Waals surface area contributed by atoms with Crippen molar-refractivity contribution >= 4 is 46.5 Å². The molecule has 0 aliphatic heterocycles. The molecule has 2 aromatic carbocycles. The minimum absolute atomic E-state index is 0.0274. The third-order valence-corrected chi connectivity index (χ3v) is 7.29. The van der Waals surface area contributed by atoms with E-state index in [-0.39, 0.29) is 43.6 Å². The summed E-state index contributed by atoms with van der Waals surface area (Å²) in [5.74, 6) is -0.312. The third-order valence-electron chi connectivity index (χ3n) is 6.98. The highest BCUT2D eigenvalue weighted by Gasteiger charge is 2.32. The summed E-state index contributed by atoms with van der Waals surface area (Å²) in [6.45, 7) is 7.52. The average Bonchev–Trinajstić information content (AvgIpc) is 3.08. The molecule has 1 saturated carbocycles. The van der Waals surface area contributed by atoms with Crippen LogP contribution in [0, 0.1) is 11.8 Å². The number of carbonyl (C=O) groups is 4. The maximum atomic E-state index is 12.8. The van der Waals surface area contributed by atoms with E-state index in [1.54, 1.807) is 48.5 Å². The highest BCUT2D eigenvalue weighted by molar-refractivity contribution is 14.1. The van der Waals surface area contributed by atoms with Crippen LogP contribution < -0.4 is 18.9 Å². The van der Waals surface area contributed by atoms with Crippen molar-refractivity contribution in [2.24, 2.45) is 11.8 Å². The lowest BCUT2D eigenvalue weighted by molar-refractivity contribution is -0.148. The van der Waals surface area contributed by atoms with Gasteiger partial charge in [0.05, 0.1) is 25.0 Å². The standard InChI is InChI=1S/C34H39IO11/c1-3-31(36)41-20-6-5-19-40-21-30(44-32(37)4-2)22-42-26-11-15-28(16-12-26)45-33(38)24-7-9-25(10-8-24)34(39)46-29-17-13-27(14-18-29)43-23-35/h3-4,11-18,24-25,30H,1-2,5-10,19-23H2. The Balaban J connectivity index is 1.38. The molecule has 0 bridgehead atoms. The maximum Gasteiger partial charge on any atom is 0.330 e. The summed E-state index contributed by atoms with van der Waals surface area (Å²) in [7, 11) is 0. The van der Waals surface area contributed by atoms with Gasteiger partial charge in [0.2, 0.25) is 0 Å². The quantitative estimate of drug-likeness (QED) is 0.0433. The molecule has 2 aromatic rings. The number of rotatable bonds is 19. The lowest BCUT2D eigenvalue weighted by Gasteiger charge is -2.25. The molecule has 3 rings (SSSR count). The summed E-state index contributed by atoms with van der Waals surface area (Å²) >= 11 is 2.11. The van der Waals surface area contributed by atoms with E-state index >= 15 is 0 Å². The van der Waals surface area contributed by atoms with Gasteiger partial charge in [-0.1, -0.05) is 13.2 Å². The number of benzene rings is 2. The molecule has 1 fully saturated rings. The zero-order valence-corrected chi connectivity index (χ0v) is 27.7. The monoisotopic (exact) mass is 750 g/mol. The first-order chi connectivity index (χ1) is 22.3. The van der Waals surface area contributed by atoms with E-state index in [4.69, 9.17) is 33.2 Å². The predicted octanol–water partition coefficient (Wildman–Crippen LogP) is 5.78. The average molecular weight is 751 g/mol. The van der Waals surface area contributed by atoms with Gasteiger partial charge in [0, 0.05) is 18.8 Å². The van der Waals surface area contributed by atoms with Crippen molar-refractivity contribution < 1.29 is 52.3 Å². The van der Waals surface area contributed by atoms with Gasteiger partial charge in [-0.25, -0.2) is 9.59 Å². The van der Waals surface area contributed by atoms with E-state index in [2.05, 4.69) is 35.7 Å². The smallest absolute Gasteiger partial charge is 0.330 e. The molecular weight excluding hydrogens is 711 g/mol. The summed E-state index contributed by atoms with van der Waals surface area (Å²) in [4.78, 5) is 48.2. The summed E-state index contributed by atoms with van der Waals surface area (Å²) in [5, 5.41) is 0. The van der Waals surface area contributed by atoms with Crippen LogP contribution >= 0.6 is 22.6 Å². The van der Waals surface area contributed by atoms with Gasteiger partial charge < -0.3 is 33.2 Å². The van der Waals surface area contributed by atoms with Crippen LogP contribution in [0.1, 0.15) is 38.5 Å². The van der Waals surface area contributed by atoms with Gasteiger partial charge >= 0.3 is 23.9 Å². The van der Waals surface area contributed by atoms with Gasteiger partial charge in [-0.3, -0.25) is 9.59 Å². The molecule has 0 spiro atoms. The Labute approximate surface area is 282 Å². The Hall–Kier alpha value is -3.91. The highest BCUT2D eigenvalue weighted by atomic mass is 127. The van der Waals surface area contributed by atoms with Crippen molar-refractivity contribution in [3.63, 3.8) is 0 Å². The molecule has 0 N–H and O–H groups in total. The molecular formula is C34H39IO11. The van der Waals surface area contributed by atoms with Crippen molar-refractivity contribution in [2.45, 2.75) is 44.6 Å². The summed E-state index contributed by atoms with van der Waals surface area (Å²) in [6, 6.07) is 13.4. The first kappa shape index (κ1) is 36.6. The molecule has 1 aliphatic carbocycles. The molecule has 46 heavy (non-hydrogen) atoms. The van der Waals surface area contributed by atoms with Gasteiger partial charge in [-0.15, -0.1) is 0 Å².